The molecule has 0 saturated carbocycles. The maximum Gasteiger partial charge on any atom is 0.147 e. The lowest BCUT2D eigenvalue weighted by Gasteiger charge is -2.20. The molecular formula is C15H18ClN3. The molecule has 0 fully saturated rings. The highest BCUT2D eigenvalue weighted by atomic mass is 35.5. The van der Waals surface area contributed by atoms with Crippen molar-refractivity contribution in [1.29, 1.82) is 0 Å². The molecule has 0 saturated heterocycles. The number of rotatable bonds is 4. The topological polar surface area (TPSA) is 42.2 Å². The number of benzene rings is 1. The Balaban J connectivity index is 2.15. The first-order chi connectivity index (χ1) is 9.10. The monoisotopic (exact) mass is 275 g/mol. The highest BCUT2D eigenvalue weighted by molar-refractivity contribution is 6.33. The summed E-state index contributed by atoms with van der Waals surface area (Å²) in [5.41, 5.74) is 9.00. The molecule has 0 atom stereocenters. The van der Waals surface area contributed by atoms with E-state index in [0.717, 1.165) is 17.9 Å². The molecule has 1 heterocycles. The predicted molar refractivity (Wildman–Crippen MR) is 80.4 cm³/mol. The minimum atomic E-state index is 0.453. The molecule has 2 aromatic rings. The van der Waals surface area contributed by atoms with Crippen molar-refractivity contribution in [3.8, 4) is 0 Å². The summed E-state index contributed by atoms with van der Waals surface area (Å²) in [5.74, 6) is 0.777. The summed E-state index contributed by atoms with van der Waals surface area (Å²) in [5, 5.41) is 0.637. The molecule has 100 valence electrons. The highest BCUT2D eigenvalue weighted by Gasteiger charge is 2.09. The van der Waals surface area contributed by atoms with Gasteiger partial charge in [0.1, 0.15) is 5.82 Å². The second-order valence-electron chi connectivity index (χ2n) is 4.69. The van der Waals surface area contributed by atoms with E-state index >= 15 is 0 Å². The molecule has 1 aromatic heterocycles. The van der Waals surface area contributed by atoms with E-state index in [9.17, 15) is 0 Å². The quantitative estimate of drug-likeness (QED) is 0.932. The highest BCUT2D eigenvalue weighted by Crippen LogP contribution is 2.24. The lowest BCUT2D eigenvalue weighted by atomic mass is 10.1. The van der Waals surface area contributed by atoms with Crippen LogP contribution >= 0.6 is 11.6 Å². The fourth-order valence-corrected chi connectivity index (χ4v) is 2.24. The number of nitrogens with zero attached hydrogens (tertiary/aromatic N) is 2. The van der Waals surface area contributed by atoms with Gasteiger partial charge in [-0.15, -0.1) is 0 Å². The van der Waals surface area contributed by atoms with Crippen LogP contribution in [0.15, 0.2) is 36.5 Å². The van der Waals surface area contributed by atoms with Crippen molar-refractivity contribution >= 4 is 17.4 Å². The van der Waals surface area contributed by atoms with Crippen molar-refractivity contribution in [3.05, 3.63) is 58.2 Å². The molecule has 19 heavy (non-hydrogen) atoms. The lowest BCUT2D eigenvalue weighted by Crippen LogP contribution is -2.18. The first-order valence-corrected chi connectivity index (χ1v) is 6.59. The molecule has 2 rings (SSSR count). The van der Waals surface area contributed by atoms with E-state index in [0.29, 0.717) is 11.6 Å². The van der Waals surface area contributed by atoms with Crippen LogP contribution in [-0.2, 0) is 13.1 Å². The fraction of sp³-hybridized carbons (Fsp3) is 0.267. The smallest absolute Gasteiger partial charge is 0.147 e. The molecule has 0 aliphatic carbocycles. The Kier molecular flexibility index (Phi) is 4.40. The third-order valence-corrected chi connectivity index (χ3v) is 3.29. The van der Waals surface area contributed by atoms with E-state index in [1.807, 2.05) is 18.0 Å². The Labute approximate surface area is 119 Å². The van der Waals surface area contributed by atoms with Crippen molar-refractivity contribution in [1.82, 2.24) is 4.98 Å². The van der Waals surface area contributed by atoms with Crippen LogP contribution in [0, 0.1) is 6.92 Å². The number of aryl methyl sites for hydroxylation is 1. The SMILES string of the molecule is Cc1ccc(CN(C)c2ncc(CN)cc2Cl)cc1. The molecule has 0 radical (unpaired) electrons. The van der Waals surface area contributed by atoms with Crippen LogP contribution in [0.25, 0.3) is 0 Å². The average Bonchev–Trinajstić information content (AvgIpc) is 2.41. The van der Waals surface area contributed by atoms with Crippen molar-refractivity contribution < 1.29 is 0 Å². The molecule has 2 N–H and O–H groups in total. The zero-order valence-electron chi connectivity index (χ0n) is 11.2. The molecule has 0 unspecified atom stereocenters. The largest absolute Gasteiger partial charge is 0.354 e. The first-order valence-electron chi connectivity index (χ1n) is 6.21. The Morgan fingerprint density at radius 3 is 2.47 bits per heavy atom. The van der Waals surface area contributed by atoms with E-state index in [1.165, 1.54) is 11.1 Å². The Hall–Kier alpha value is -1.58. The van der Waals surface area contributed by atoms with Gasteiger partial charge < -0.3 is 10.6 Å². The second-order valence-corrected chi connectivity index (χ2v) is 5.10. The molecule has 0 aliphatic heterocycles. The average molecular weight is 276 g/mol. The number of halogens is 1. The molecule has 4 heteroatoms. The summed E-state index contributed by atoms with van der Waals surface area (Å²) in [4.78, 5) is 6.41. The predicted octanol–water partition coefficient (Wildman–Crippen LogP) is 3.14. The molecule has 1 aromatic carbocycles. The van der Waals surface area contributed by atoms with Gasteiger partial charge in [-0.2, -0.15) is 0 Å². The normalized spacial score (nSPS) is 10.5. The van der Waals surface area contributed by atoms with Crippen molar-refractivity contribution in [2.45, 2.75) is 20.0 Å². The third kappa shape index (κ3) is 3.46. The van der Waals surface area contributed by atoms with Crippen LogP contribution in [-0.4, -0.2) is 12.0 Å². The number of anilines is 1. The van der Waals surface area contributed by atoms with Gasteiger partial charge in [0.25, 0.3) is 0 Å². The van der Waals surface area contributed by atoms with E-state index < -0.39 is 0 Å². The lowest BCUT2D eigenvalue weighted by molar-refractivity contribution is 0.893. The number of hydrogen-bond donors (Lipinski definition) is 1. The van der Waals surface area contributed by atoms with Gasteiger partial charge in [-0.05, 0) is 24.1 Å². The maximum absolute atomic E-state index is 6.23. The molecule has 3 nitrogen and oxygen atoms in total. The van der Waals surface area contributed by atoms with Crippen LogP contribution in [0.5, 0.6) is 0 Å². The Bertz CT molecular complexity index is 552. The molecule has 0 bridgehead atoms. The summed E-state index contributed by atoms with van der Waals surface area (Å²) in [6.45, 7) is 3.31. The summed E-state index contributed by atoms with van der Waals surface area (Å²) in [6.07, 6.45) is 1.77. The molecule has 0 spiro atoms. The van der Waals surface area contributed by atoms with Gasteiger partial charge in [0.2, 0.25) is 0 Å². The van der Waals surface area contributed by atoms with Gasteiger partial charge in [-0.1, -0.05) is 41.4 Å². The zero-order valence-corrected chi connectivity index (χ0v) is 12.0. The Morgan fingerprint density at radius 2 is 1.89 bits per heavy atom. The van der Waals surface area contributed by atoms with Gasteiger partial charge in [0.05, 0.1) is 5.02 Å². The van der Waals surface area contributed by atoms with Crippen molar-refractivity contribution in [3.63, 3.8) is 0 Å². The number of hydrogen-bond acceptors (Lipinski definition) is 3. The summed E-state index contributed by atoms with van der Waals surface area (Å²) < 4.78 is 0. The van der Waals surface area contributed by atoms with E-state index in [4.69, 9.17) is 17.3 Å². The van der Waals surface area contributed by atoms with Crippen LogP contribution in [0.3, 0.4) is 0 Å². The number of nitrogens with two attached hydrogens (primary N) is 1. The van der Waals surface area contributed by atoms with Gasteiger partial charge in [-0.25, -0.2) is 4.98 Å². The van der Waals surface area contributed by atoms with E-state index in [-0.39, 0.29) is 0 Å². The van der Waals surface area contributed by atoms with E-state index in [1.54, 1.807) is 6.20 Å². The van der Waals surface area contributed by atoms with Gasteiger partial charge in [-0.3, -0.25) is 0 Å². The Morgan fingerprint density at radius 1 is 1.21 bits per heavy atom. The first kappa shape index (κ1) is 13.8. The minimum absolute atomic E-state index is 0.453. The van der Waals surface area contributed by atoms with Gasteiger partial charge >= 0.3 is 0 Å². The van der Waals surface area contributed by atoms with Crippen molar-refractivity contribution in [2.24, 2.45) is 5.73 Å². The van der Waals surface area contributed by atoms with Crippen LogP contribution in [0.2, 0.25) is 5.02 Å². The summed E-state index contributed by atoms with van der Waals surface area (Å²) in [7, 11) is 1.98. The van der Waals surface area contributed by atoms with Crippen LogP contribution in [0.1, 0.15) is 16.7 Å². The number of aromatic nitrogens is 1. The minimum Gasteiger partial charge on any atom is -0.354 e. The van der Waals surface area contributed by atoms with Gasteiger partial charge in [0, 0.05) is 26.3 Å². The van der Waals surface area contributed by atoms with Crippen molar-refractivity contribution in [2.75, 3.05) is 11.9 Å². The maximum atomic E-state index is 6.23. The molecular weight excluding hydrogens is 258 g/mol. The summed E-state index contributed by atoms with van der Waals surface area (Å²) in [6, 6.07) is 10.3. The second kappa shape index (κ2) is 6.04. The van der Waals surface area contributed by atoms with Gasteiger partial charge in [0.15, 0.2) is 0 Å². The molecule has 0 amide bonds. The van der Waals surface area contributed by atoms with E-state index in [2.05, 4.69) is 36.2 Å². The third-order valence-electron chi connectivity index (χ3n) is 3.02. The summed E-state index contributed by atoms with van der Waals surface area (Å²) >= 11 is 6.23. The zero-order chi connectivity index (χ0) is 13.8. The van der Waals surface area contributed by atoms with Crippen LogP contribution < -0.4 is 10.6 Å². The number of pyridine rings is 1. The standard InChI is InChI=1S/C15H18ClN3/c1-11-3-5-12(6-4-11)10-19(2)15-14(16)7-13(8-17)9-18-15/h3-7,9H,8,10,17H2,1-2H3. The fourth-order valence-electron chi connectivity index (χ4n) is 1.91. The molecule has 0 aliphatic rings. The van der Waals surface area contributed by atoms with Crippen LogP contribution in [0.4, 0.5) is 5.82 Å².